The second kappa shape index (κ2) is 2.81. The predicted molar refractivity (Wildman–Crippen MR) is 45.5 cm³/mol. The molecule has 0 saturated heterocycles. The van der Waals surface area contributed by atoms with E-state index in [9.17, 15) is 0 Å². The molecule has 0 saturated carbocycles. The Morgan fingerprint density at radius 2 is 1.88 bits per heavy atom. The van der Waals surface area contributed by atoms with Gasteiger partial charge in [-0.05, 0) is 0 Å². The van der Waals surface area contributed by atoms with E-state index in [0.717, 1.165) is 0 Å². The Balaban J connectivity index is 3.62. The molecule has 0 aromatic rings. The molecule has 0 rings (SSSR count). The zero-order valence-corrected chi connectivity index (χ0v) is 7.13. The normalized spacial score (nSPS) is 15.6. The zero-order valence-electron chi connectivity index (χ0n) is 6.23. The number of hydrogen-bond donors (Lipinski definition) is 1. The van der Waals surface area contributed by atoms with Gasteiger partial charge in [0.25, 0.3) is 0 Å². The minimum Gasteiger partial charge on any atom is -0.174 e. The van der Waals surface area contributed by atoms with Crippen LogP contribution >= 0.6 is 12.6 Å². The van der Waals surface area contributed by atoms with Gasteiger partial charge in [-0.1, -0.05) is 33.4 Å². The molecule has 1 atom stereocenters. The lowest BCUT2D eigenvalue weighted by atomic mass is 9.63. The molecule has 0 nitrogen and oxygen atoms in total. The molecule has 0 bridgehead atoms. The Hall–Kier alpha value is 0.415. The summed E-state index contributed by atoms with van der Waals surface area (Å²) in [4.78, 5) is 0. The second-order valence-corrected chi connectivity index (χ2v) is 4.12. The molecular formula is C6H15BS. The van der Waals surface area contributed by atoms with Crippen LogP contribution in [0.1, 0.15) is 20.8 Å². The van der Waals surface area contributed by atoms with Crippen LogP contribution in [-0.2, 0) is 0 Å². The van der Waals surface area contributed by atoms with Crippen LogP contribution in [-0.4, -0.2) is 12.0 Å². The maximum absolute atomic E-state index is 4.43. The van der Waals surface area contributed by atoms with Crippen LogP contribution in [0, 0.1) is 0 Å². The average molecular weight is 130 g/mol. The van der Waals surface area contributed by atoms with Crippen LogP contribution in [0.2, 0.25) is 12.6 Å². The van der Waals surface area contributed by atoms with Crippen molar-refractivity contribution in [2.24, 2.45) is 0 Å². The van der Waals surface area contributed by atoms with E-state index in [2.05, 4.69) is 40.2 Å². The van der Waals surface area contributed by atoms with Crippen molar-refractivity contribution in [2.45, 2.75) is 38.2 Å². The summed E-state index contributed by atoms with van der Waals surface area (Å²) in [6.07, 6.45) is 0. The van der Waals surface area contributed by atoms with E-state index in [1.54, 1.807) is 0 Å². The van der Waals surface area contributed by atoms with Crippen molar-refractivity contribution in [2.75, 3.05) is 0 Å². The topological polar surface area (TPSA) is 0 Å². The van der Waals surface area contributed by atoms with Gasteiger partial charge in [-0.25, -0.2) is 0 Å². The van der Waals surface area contributed by atoms with Crippen molar-refractivity contribution in [3.8, 4) is 0 Å². The first-order valence-corrected chi connectivity index (χ1v) is 3.65. The van der Waals surface area contributed by atoms with Gasteiger partial charge in [0.2, 0.25) is 0 Å². The minimum atomic E-state index is 0.203. The molecule has 1 unspecified atom stereocenters. The number of thiol groups is 1. The lowest BCUT2D eigenvalue weighted by molar-refractivity contribution is 0.684. The molecule has 0 spiro atoms. The predicted octanol–water partition coefficient (Wildman–Crippen LogP) is 1.99. The van der Waals surface area contributed by atoms with E-state index in [0.29, 0.717) is 5.82 Å². The van der Waals surface area contributed by atoms with E-state index >= 15 is 0 Å². The van der Waals surface area contributed by atoms with Crippen molar-refractivity contribution in [3.05, 3.63) is 0 Å². The second-order valence-electron chi connectivity index (χ2n) is 2.96. The molecule has 0 aliphatic heterocycles. The van der Waals surface area contributed by atoms with Gasteiger partial charge in [-0.15, -0.1) is 0 Å². The Morgan fingerprint density at radius 1 is 1.50 bits per heavy atom. The molecular weight excluding hydrogens is 115 g/mol. The van der Waals surface area contributed by atoms with Gasteiger partial charge in [0.05, 0.1) is 0 Å². The summed E-state index contributed by atoms with van der Waals surface area (Å²) < 4.78 is 0.203. The quantitative estimate of drug-likeness (QED) is 0.428. The van der Waals surface area contributed by atoms with E-state index < -0.39 is 0 Å². The summed E-state index contributed by atoms with van der Waals surface area (Å²) in [5.74, 6) is 0.714. The molecule has 0 radical (unpaired) electrons. The maximum Gasteiger partial charge on any atom is 0.122 e. The summed E-state index contributed by atoms with van der Waals surface area (Å²) in [6, 6.07) is 0. The first-order valence-electron chi connectivity index (χ1n) is 3.20. The third kappa shape index (κ3) is 2.66. The van der Waals surface area contributed by atoms with E-state index in [-0.39, 0.29) is 4.75 Å². The first-order chi connectivity index (χ1) is 3.48. The minimum absolute atomic E-state index is 0.203. The summed E-state index contributed by atoms with van der Waals surface area (Å²) in [6.45, 7) is 8.74. The third-order valence-electron chi connectivity index (χ3n) is 1.82. The molecule has 0 N–H and O–H groups in total. The molecule has 0 aromatic heterocycles. The van der Waals surface area contributed by atoms with Gasteiger partial charge < -0.3 is 0 Å². The molecule has 0 aromatic carbocycles. The smallest absolute Gasteiger partial charge is 0.122 e. The highest BCUT2D eigenvalue weighted by atomic mass is 32.1. The molecule has 0 heterocycles. The van der Waals surface area contributed by atoms with Gasteiger partial charge in [0.1, 0.15) is 7.28 Å². The van der Waals surface area contributed by atoms with E-state index in [1.807, 2.05) is 0 Å². The van der Waals surface area contributed by atoms with Crippen molar-refractivity contribution < 1.29 is 0 Å². The summed E-state index contributed by atoms with van der Waals surface area (Å²) in [5.41, 5.74) is 0. The summed E-state index contributed by atoms with van der Waals surface area (Å²) in [5, 5.41) is 0. The Bertz CT molecular complexity index is 65.4. The zero-order chi connectivity index (χ0) is 6.78. The Labute approximate surface area is 58.7 Å². The van der Waals surface area contributed by atoms with Crippen LogP contribution < -0.4 is 0 Å². The molecule has 0 amide bonds. The van der Waals surface area contributed by atoms with Crippen LogP contribution in [0.3, 0.4) is 0 Å². The fourth-order valence-electron chi connectivity index (χ4n) is 0.500. The summed E-state index contributed by atoms with van der Waals surface area (Å²) in [7, 11) is 1.22. The highest BCUT2D eigenvalue weighted by Gasteiger charge is 2.18. The summed E-state index contributed by atoms with van der Waals surface area (Å²) >= 11 is 4.43. The average Bonchev–Trinajstić information content (AvgIpc) is 1.62. The van der Waals surface area contributed by atoms with Gasteiger partial charge in [-0.2, -0.15) is 12.6 Å². The van der Waals surface area contributed by atoms with Crippen molar-refractivity contribution in [1.29, 1.82) is 0 Å². The molecule has 0 aliphatic rings. The fraction of sp³-hybridized carbons (Fsp3) is 1.00. The van der Waals surface area contributed by atoms with Crippen LogP contribution in [0.4, 0.5) is 0 Å². The SMILES string of the molecule is CBC(C)C(C)(C)S. The molecule has 0 fully saturated rings. The van der Waals surface area contributed by atoms with Crippen molar-refractivity contribution in [3.63, 3.8) is 0 Å². The molecule has 48 valence electrons. The van der Waals surface area contributed by atoms with Crippen molar-refractivity contribution >= 4 is 19.9 Å². The van der Waals surface area contributed by atoms with Crippen LogP contribution in [0.5, 0.6) is 0 Å². The highest BCUT2D eigenvalue weighted by molar-refractivity contribution is 7.81. The maximum atomic E-state index is 4.43. The molecule has 2 heteroatoms. The Morgan fingerprint density at radius 3 is 1.88 bits per heavy atom. The third-order valence-corrected chi connectivity index (χ3v) is 2.26. The van der Waals surface area contributed by atoms with Gasteiger partial charge in [-0.3, -0.25) is 0 Å². The standard InChI is InChI=1S/C6H15BS/c1-5(7-4)6(2,3)8/h5,7-8H,1-4H3. The van der Waals surface area contributed by atoms with Gasteiger partial charge in [0.15, 0.2) is 0 Å². The molecule has 8 heavy (non-hydrogen) atoms. The largest absolute Gasteiger partial charge is 0.174 e. The first kappa shape index (κ1) is 8.41. The van der Waals surface area contributed by atoms with Crippen LogP contribution in [0.15, 0.2) is 0 Å². The van der Waals surface area contributed by atoms with E-state index in [4.69, 9.17) is 0 Å². The number of hydrogen-bond acceptors (Lipinski definition) is 1. The lowest BCUT2D eigenvalue weighted by Crippen LogP contribution is -2.20. The van der Waals surface area contributed by atoms with E-state index in [1.165, 1.54) is 7.28 Å². The van der Waals surface area contributed by atoms with Crippen LogP contribution in [0.25, 0.3) is 0 Å². The van der Waals surface area contributed by atoms with Crippen molar-refractivity contribution in [1.82, 2.24) is 0 Å². The Kier molecular flexibility index (Phi) is 2.96. The fourth-order valence-corrected chi connectivity index (χ4v) is 0.682. The number of rotatable bonds is 2. The van der Waals surface area contributed by atoms with Gasteiger partial charge >= 0.3 is 0 Å². The van der Waals surface area contributed by atoms with Gasteiger partial charge in [0, 0.05) is 4.75 Å². The highest BCUT2D eigenvalue weighted by Crippen LogP contribution is 2.26. The monoisotopic (exact) mass is 130 g/mol. The molecule has 0 aliphatic carbocycles. The lowest BCUT2D eigenvalue weighted by Gasteiger charge is -2.23.